The van der Waals surface area contributed by atoms with E-state index in [-0.39, 0.29) is 36.6 Å². The van der Waals surface area contributed by atoms with Crippen molar-refractivity contribution in [2.75, 3.05) is 7.11 Å². The number of carbonyl (C=O) groups is 5. The number of aryl methyl sites for hydroxylation is 2. The predicted molar refractivity (Wildman–Crippen MR) is 199 cm³/mol. The van der Waals surface area contributed by atoms with Crippen LogP contribution in [0.4, 0.5) is 0 Å². The van der Waals surface area contributed by atoms with Crippen molar-refractivity contribution in [1.29, 1.82) is 0 Å². The van der Waals surface area contributed by atoms with Crippen LogP contribution in [0.15, 0.2) is 47.6 Å². The predicted octanol–water partition coefficient (Wildman–Crippen LogP) is 5.75. The number of ether oxygens (including phenoxy) is 1. The Kier molecular flexibility index (Phi) is 11.9. The van der Waals surface area contributed by atoms with Crippen LogP contribution in [0.25, 0.3) is 5.00 Å². The van der Waals surface area contributed by atoms with Crippen molar-refractivity contribution in [3.05, 3.63) is 92.1 Å². The van der Waals surface area contributed by atoms with Gasteiger partial charge in [-0.1, -0.05) is 49.1 Å². The van der Waals surface area contributed by atoms with E-state index in [4.69, 9.17) is 21.3 Å². The Hall–Kier alpha value is -5.08. The molecule has 1 fully saturated rings. The van der Waals surface area contributed by atoms with Gasteiger partial charge in [-0.15, -0.1) is 21.5 Å². The lowest BCUT2D eigenvalue weighted by Crippen LogP contribution is -2.52. The molecule has 0 aliphatic carbocycles. The molecule has 1 aromatic carbocycles. The normalized spacial score (nSPS) is 16.6. The molecule has 5 heterocycles. The molecular formula is C38H40ClN7O6S. The third-order valence-corrected chi connectivity index (χ3v) is 11.0. The number of methoxy groups -OCH3 is 1. The third kappa shape index (κ3) is 8.44. The molecule has 0 radical (unpaired) electrons. The number of aliphatic imine (C=N–C) groups is 1. The van der Waals surface area contributed by atoms with Crippen molar-refractivity contribution in [3.8, 4) is 5.00 Å². The molecule has 0 spiro atoms. The number of esters is 1. The molecule has 4 aromatic rings. The first-order valence-electron chi connectivity index (χ1n) is 17.6. The molecule has 15 heteroatoms. The SMILES string of the molecule is COC(=O)C[C@@H]1N=C(c2ccc(Cl)cc2)c2c(sc(C(=O)CCCCCCCc3cccnc3C(=O)NC3CCC(=O)NC3=O)c2C)-n2c(C)nnc21. The number of imide groups is 1. The smallest absolute Gasteiger partial charge is 0.308 e. The maximum atomic E-state index is 13.8. The van der Waals surface area contributed by atoms with Gasteiger partial charge in [-0.05, 0) is 68.9 Å². The number of aromatic nitrogens is 4. The number of hydrogen-bond donors (Lipinski definition) is 2. The standard InChI is InChI=1S/C38H40ClN7O6S/c1-21-31-32(24-13-15-25(39)16-14-24)41-27(20-30(49)52-3)35-45-44-22(2)46(35)38(31)53-34(21)28(47)12-8-6-4-5-7-10-23-11-9-19-40-33(23)37(51)42-26-17-18-29(48)43-36(26)50/h9,11,13-16,19,26-27H,4-8,10,12,17-18,20H2,1-3H3,(H,42,51)(H,43,48,50)/t26?,27-/m0/s1. The van der Waals surface area contributed by atoms with Crippen LogP contribution < -0.4 is 10.6 Å². The lowest BCUT2D eigenvalue weighted by molar-refractivity contribution is -0.141. The monoisotopic (exact) mass is 757 g/mol. The second-order valence-electron chi connectivity index (χ2n) is 13.1. The first-order chi connectivity index (χ1) is 25.5. The maximum absolute atomic E-state index is 13.8. The number of nitrogens with zero attached hydrogens (tertiary/aromatic N) is 5. The molecule has 0 bridgehead atoms. The molecule has 3 amide bonds. The molecule has 0 saturated carbocycles. The Morgan fingerprint density at radius 1 is 1.04 bits per heavy atom. The number of nitrogens with one attached hydrogen (secondary N) is 2. The van der Waals surface area contributed by atoms with E-state index in [9.17, 15) is 24.0 Å². The average Bonchev–Trinajstić information content (AvgIpc) is 3.65. The zero-order valence-corrected chi connectivity index (χ0v) is 31.3. The summed E-state index contributed by atoms with van der Waals surface area (Å²) in [5.41, 5.74) is 4.14. The second-order valence-corrected chi connectivity index (χ2v) is 14.6. The highest BCUT2D eigenvalue weighted by atomic mass is 35.5. The average molecular weight is 758 g/mol. The van der Waals surface area contributed by atoms with Crippen LogP contribution in [-0.2, 0) is 25.5 Å². The number of thiophene rings is 1. The largest absolute Gasteiger partial charge is 0.469 e. The maximum Gasteiger partial charge on any atom is 0.308 e. The first-order valence-corrected chi connectivity index (χ1v) is 18.8. The van der Waals surface area contributed by atoms with Gasteiger partial charge < -0.3 is 10.1 Å². The van der Waals surface area contributed by atoms with Crippen molar-refractivity contribution >= 4 is 58.1 Å². The van der Waals surface area contributed by atoms with E-state index in [0.29, 0.717) is 40.1 Å². The summed E-state index contributed by atoms with van der Waals surface area (Å²) < 4.78 is 6.87. The molecule has 2 N–H and O–H groups in total. The summed E-state index contributed by atoms with van der Waals surface area (Å²) in [5, 5.41) is 15.0. The lowest BCUT2D eigenvalue weighted by atomic mass is 9.97. The summed E-state index contributed by atoms with van der Waals surface area (Å²) >= 11 is 7.61. The molecule has 3 aromatic heterocycles. The fourth-order valence-corrected chi connectivity index (χ4v) is 8.14. The summed E-state index contributed by atoms with van der Waals surface area (Å²) in [7, 11) is 1.34. The molecular weight excluding hydrogens is 718 g/mol. The van der Waals surface area contributed by atoms with E-state index in [0.717, 1.165) is 59.4 Å². The van der Waals surface area contributed by atoms with Crippen molar-refractivity contribution < 1.29 is 28.7 Å². The minimum absolute atomic E-state index is 0.0191. The highest BCUT2D eigenvalue weighted by Gasteiger charge is 2.34. The Morgan fingerprint density at radius 3 is 2.55 bits per heavy atom. The number of benzene rings is 1. The molecule has 13 nitrogen and oxygen atoms in total. The fourth-order valence-electron chi connectivity index (χ4n) is 6.68. The molecule has 2 atom stereocenters. The third-order valence-electron chi connectivity index (χ3n) is 9.46. The van der Waals surface area contributed by atoms with E-state index in [2.05, 4.69) is 25.8 Å². The highest BCUT2D eigenvalue weighted by Crippen LogP contribution is 2.40. The van der Waals surface area contributed by atoms with Crippen LogP contribution in [0.1, 0.15) is 118 Å². The fraction of sp³-hybridized carbons (Fsp3) is 0.395. The second kappa shape index (κ2) is 16.7. The van der Waals surface area contributed by atoms with Crippen LogP contribution in [0.3, 0.4) is 0 Å². The van der Waals surface area contributed by atoms with Gasteiger partial charge in [0.15, 0.2) is 11.6 Å². The van der Waals surface area contributed by atoms with Crippen LogP contribution in [0.5, 0.6) is 0 Å². The zero-order valence-electron chi connectivity index (χ0n) is 29.7. The number of unbranched alkanes of at least 4 members (excludes halogenated alkanes) is 4. The van der Waals surface area contributed by atoms with E-state index < -0.39 is 29.9 Å². The molecule has 6 rings (SSSR count). The van der Waals surface area contributed by atoms with E-state index in [1.54, 1.807) is 24.4 Å². The summed E-state index contributed by atoms with van der Waals surface area (Å²) in [6, 6.07) is 9.57. The molecule has 1 saturated heterocycles. The number of ketones is 1. The molecule has 276 valence electrons. The highest BCUT2D eigenvalue weighted by molar-refractivity contribution is 7.17. The number of piperidine rings is 1. The van der Waals surface area contributed by atoms with Gasteiger partial charge >= 0.3 is 5.97 Å². The van der Waals surface area contributed by atoms with Gasteiger partial charge in [0.05, 0.1) is 24.1 Å². The Bertz CT molecular complexity index is 2090. The van der Waals surface area contributed by atoms with Crippen molar-refractivity contribution in [2.45, 2.75) is 90.1 Å². The first kappa shape index (κ1) is 37.7. The van der Waals surface area contributed by atoms with Gasteiger partial charge in [-0.3, -0.25) is 43.8 Å². The minimum atomic E-state index is -0.765. The topological polar surface area (TPSA) is 175 Å². The van der Waals surface area contributed by atoms with Crippen molar-refractivity contribution in [1.82, 2.24) is 30.4 Å². The number of fused-ring (bicyclic) bond motifs is 3. The molecule has 53 heavy (non-hydrogen) atoms. The van der Waals surface area contributed by atoms with Crippen molar-refractivity contribution in [3.63, 3.8) is 0 Å². The number of halogens is 1. The summed E-state index contributed by atoms with van der Waals surface area (Å²) in [6.45, 7) is 3.77. The Balaban J connectivity index is 1.09. The quantitative estimate of drug-likeness (QED) is 0.0703. The minimum Gasteiger partial charge on any atom is -0.469 e. The Morgan fingerprint density at radius 2 is 1.79 bits per heavy atom. The zero-order chi connectivity index (χ0) is 37.6. The molecule has 2 aliphatic heterocycles. The number of amides is 3. The molecule has 1 unspecified atom stereocenters. The van der Waals surface area contributed by atoms with E-state index in [1.807, 2.05) is 36.6 Å². The van der Waals surface area contributed by atoms with Gasteiger partial charge in [0.1, 0.15) is 28.6 Å². The Labute approximate surface area is 315 Å². The number of pyridine rings is 1. The van der Waals surface area contributed by atoms with Crippen LogP contribution in [0, 0.1) is 13.8 Å². The number of hydrogen-bond acceptors (Lipinski definition) is 11. The van der Waals surface area contributed by atoms with E-state index in [1.165, 1.54) is 18.4 Å². The van der Waals surface area contributed by atoms with Gasteiger partial charge in [-0.2, -0.15) is 0 Å². The summed E-state index contributed by atoms with van der Waals surface area (Å²) in [4.78, 5) is 72.7. The summed E-state index contributed by atoms with van der Waals surface area (Å²) in [5.74, 6) is -0.516. The van der Waals surface area contributed by atoms with Gasteiger partial charge in [0.2, 0.25) is 11.8 Å². The number of carbonyl (C=O) groups excluding carboxylic acids is 5. The number of Topliss-reactive ketones (excluding diaryl/α,β-unsaturated/α-hetero) is 1. The van der Waals surface area contributed by atoms with Gasteiger partial charge in [0, 0.05) is 35.2 Å². The summed E-state index contributed by atoms with van der Waals surface area (Å²) in [6.07, 6.45) is 7.26. The van der Waals surface area contributed by atoms with Gasteiger partial charge in [0.25, 0.3) is 5.91 Å². The van der Waals surface area contributed by atoms with Crippen LogP contribution >= 0.6 is 22.9 Å². The van der Waals surface area contributed by atoms with E-state index >= 15 is 0 Å². The lowest BCUT2D eigenvalue weighted by Gasteiger charge is -2.22. The van der Waals surface area contributed by atoms with Crippen LogP contribution in [-0.4, -0.2) is 68.1 Å². The number of rotatable bonds is 14. The molecule has 2 aliphatic rings. The van der Waals surface area contributed by atoms with Crippen LogP contribution in [0.2, 0.25) is 5.02 Å². The van der Waals surface area contributed by atoms with Gasteiger partial charge in [-0.25, -0.2) is 0 Å². The van der Waals surface area contributed by atoms with Crippen molar-refractivity contribution in [2.24, 2.45) is 4.99 Å².